The van der Waals surface area contributed by atoms with Crippen LogP contribution in [0.15, 0.2) is 126 Å². The molecule has 2 unspecified atom stereocenters. The third-order valence-corrected chi connectivity index (χ3v) is 27.5. The monoisotopic (exact) mass is 1990 g/mol. The first-order chi connectivity index (χ1) is 59.2. The second-order valence-electron chi connectivity index (χ2n) is 36.7. The number of likely N-dealkylation sites (N-methyl/N-ethyl adjacent to an activating group) is 2. The van der Waals surface area contributed by atoms with Crippen LogP contribution in [0.2, 0.25) is 0 Å². The van der Waals surface area contributed by atoms with Gasteiger partial charge in [0, 0.05) is 179 Å². The first-order valence-electron chi connectivity index (χ1n) is 43.4. The van der Waals surface area contributed by atoms with Gasteiger partial charge < -0.3 is 76.5 Å². The third kappa shape index (κ3) is 24.5. The fraction of sp³-hybridized carbons (Fsp3) is 0.570. The molecular weight excluding hydrogens is 1860 g/mol. The van der Waals surface area contributed by atoms with Gasteiger partial charge in [-0.3, -0.25) is 28.9 Å². The number of hydroxylamine groups is 4. The van der Waals surface area contributed by atoms with Crippen molar-refractivity contribution >= 4 is 68.6 Å². The van der Waals surface area contributed by atoms with Gasteiger partial charge in [-0.25, -0.2) is 8.78 Å². The number of nitrogens with two attached hydrogens (primary N) is 1. The number of amides is 4. The standard InChI is InChI=1S/C45H61FN8O5.C45H63FN6O5.C3H8O2S2.BH.U/c1-26-36-21-31(45(36,3)4)22-38(26)50-44(57)41-40(27(2)55)39(23-48-51-47)59-54(41)25-35-37(46)16-15-34(42(35)58-9)29-18-30(20-33(19-29)53(7)8)43(56)49-32(24-52(5)6)17-28-13-11-10-12-14-28;1-26-36-21-31(45(36,3)4)22-38(26)49-44(55)41-40(27(2)53)39(23-47)57-52(41)25-35-37(46)16-15-34(42(35)56-9)29-18-30(20-33(19-29)51(7)8)43(54)48-32(24-50(5)6)17-28-13-11-10-12-14-28;4-2(1-6)3(5)7;;/h10-16,18-20,26-27,31-32,36,38-41,55H,17,21-25H2,1-9H3,(H,49,56)(H,50,57);10-16,18-20,26-27,31-32,36,38-41,53H,17,21-25,47H2,1-9H3,(H,48,54)(H,49,55);2-7H,1H2;1H;/t2*26-,27-,31+,32-,36-,38-,39-,40+,41-;;;/m00.../s1/i;;;1D;. The molecule has 6 aliphatic carbocycles. The Balaban J connectivity index is 0.000000283. The number of benzene rings is 6. The Labute approximate surface area is 775 Å². The number of aliphatic hydroxyl groups is 4. The summed E-state index contributed by atoms with van der Waals surface area (Å²) >= 11 is 7.23. The topological polar surface area (TPSA) is 328 Å². The van der Waals surface area contributed by atoms with Crippen LogP contribution >= 0.6 is 25.3 Å². The molecule has 2 aliphatic heterocycles. The van der Waals surface area contributed by atoms with E-state index in [4.69, 9.17) is 36.4 Å². The minimum absolute atomic E-state index is 0. The van der Waals surface area contributed by atoms with Crippen LogP contribution in [0.25, 0.3) is 32.7 Å². The number of aliphatic hydroxyl groups excluding tert-OH is 4. The van der Waals surface area contributed by atoms with Gasteiger partial charge in [0.15, 0.2) is 0 Å². The van der Waals surface area contributed by atoms with E-state index < -0.39 is 71.5 Å². The molecular formula is C93H133BF2N14O12S2U. The number of carbonyl (C=O) groups excluding carboxylic acids is 4. The van der Waals surface area contributed by atoms with E-state index in [1.165, 1.54) is 42.9 Å². The third-order valence-electron chi connectivity index (χ3n) is 26.8. The molecule has 2 radical (unpaired) electrons. The van der Waals surface area contributed by atoms with Gasteiger partial charge >= 0.3 is 0 Å². The van der Waals surface area contributed by atoms with Crippen LogP contribution in [0.5, 0.6) is 11.5 Å². The zero-order chi connectivity index (χ0) is 92.0. The van der Waals surface area contributed by atoms with Crippen molar-refractivity contribution in [1.82, 2.24) is 41.2 Å². The minimum Gasteiger partial charge on any atom is -0.496 e. The summed E-state index contributed by atoms with van der Waals surface area (Å²) in [4.78, 5) is 80.3. The zero-order valence-corrected chi connectivity index (χ0v) is 81.6. The molecule has 26 nitrogen and oxygen atoms in total. The summed E-state index contributed by atoms with van der Waals surface area (Å²) in [6.07, 6.45) is 1.12. The Bertz CT molecular complexity index is 4650. The Morgan fingerprint density at radius 1 is 0.632 bits per heavy atom. The molecule has 2 heterocycles. The van der Waals surface area contributed by atoms with E-state index in [2.05, 4.69) is 124 Å². The van der Waals surface area contributed by atoms with E-state index in [0.29, 0.717) is 88.9 Å². The number of azide groups is 1. The van der Waals surface area contributed by atoms with Crippen LogP contribution in [-0.4, -0.2) is 248 Å². The summed E-state index contributed by atoms with van der Waals surface area (Å²) in [5.41, 5.74) is 22.2. The van der Waals surface area contributed by atoms with Gasteiger partial charge in [-0.1, -0.05) is 107 Å². The molecule has 4 bridgehead atoms. The number of anilines is 2. The number of ether oxygens (including phenoxy) is 2. The van der Waals surface area contributed by atoms with Crippen molar-refractivity contribution in [1.29, 1.82) is 1.34 Å². The van der Waals surface area contributed by atoms with Gasteiger partial charge in [-0.05, 0) is 217 Å². The number of carbonyl (C=O) groups is 4. The second kappa shape index (κ2) is 45.5. The molecule has 2 saturated heterocycles. The fourth-order valence-corrected chi connectivity index (χ4v) is 20.3. The normalized spacial score (nSPS) is 25.2. The Kier molecular flexibility index (Phi) is 37.0. The predicted octanol–water partition coefficient (Wildman–Crippen LogP) is 10.4. The van der Waals surface area contributed by atoms with Crippen LogP contribution in [0.3, 0.4) is 0 Å². The quantitative estimate of drug-likeness (QED) is 0.00455. The van der Waals surface area contributed by atoms with Gasteiger partial charge in [-0.15, -0.1) is 12.6 Å². The van der Waals surface area contributed by atoms with Crippen molar-refractivity contribution in [2.24, 2.45) is 69.0 Å². The summed E-state index contributed by atoms with van der Waals surface area (Å²) in [7, 11) is 22.2. The fourth-order valence-electron chi connectivity index (χ4n) is 19.8. The summed E-state index contributed by atoms with van der Waals surface area (Å²) < 4.78 is 49.5. The second-order valence-corrected chi connectivity index (χ2v) is 37.6. The van der Waals surface area contributed by atoms with E-state index in [9.17, 15) is 34.9 Å². The van der Waals surface area contributed by atoms with Crippen molar-refractivity contribution in [3.05, 3.63) is 177 Å². The van der Waals surface area contributed by atoms with Crippen LogP contribution in [0.1, 0.15) is 124 Å². The number of methoxy groups -OCH3 is 2. The Morgan fingerprint density at radius 2 is 1.02 bits per heavy atom. The van der Waals surface area contributed by atoms with E-state index in [1.807, 2.05) is 144 Å². The molecule has 14 rings (SSSR count). The van der Waals surface area contributed by atoms with Crippen LogP contribution < -0.4 is 46.3 Å². The summed E-state index contributed by atoms with van der Waals surface area (Å²) in [5, 5.41) is 58.7. The van der Waals surface area contributed by atoms with Crippen molar-refractivity contribution in [2.75, 3.05) is 112 Å². The van der Waals surface area contributed by atoms with Crippen molar-refractivity contribution in [3.63, 3.8) is 0 Å². The first kappa shape index (κ1) is 102. The largest absolute Gasteiger partial charge is 0.496 e. The molecule has 8 fully saturated rings. The van der Waals surface area contributed by atoms with E-state index in [1.54, 1.807) is 38.1 Å². The molecule has 680 valence electrons. The molecule has 6 saturated carbocycles. The maximum atomic E-state index is 16.2. The molecule has 6 aromatic rings. The van der Waals surface area contributed by atoms with E-state index in [0.717, 1.165) is 41.8 Å². The summed E-state index contributed by atoms with van der Waals surface area (Å²) in [6, 6.07) is 34.8. The Morgan fingerprint density at radius 3 is 1.33 bits per heavy atom. The SMILES string of the molecule is COc1c(-c2cc(C(=O)N[C@@H](Cc3ccccc3)CN(C)C)cc(N(C)C)c2)ccc(F)c1CN1O[C@@H](CN)[C@@H]([C@H](C)O)[C@H]1C(=O)N[C@H]1C[C@H]2C[C@@H]([C@@H]1C)C2(C)C.COc1c(-c2cc(C(=O)N[C@@H](Cc3ccccc3)CN(C)C)cc(N(C)C)c2)ccc(F)c1CN1O[C@@H](CN=[N+]=[N-])[C@@H]([C@H](C)O)[C@H]1C(=O)N[C@H]1C[C@H]2C[C@@H]([C@@H]1C)C2(C)C.OC(S)C(O)CS.[2H][B].[U]. The number of halogens is 2. The van der Waals surface area contributed by atoms with Gasteiger partial charge in [-0.2, -0.15) is 22.8 Å². The average molecular weight is 1990 g/mol. The number of fused-ring (bicyclic) bond motifs is 4. The van der Waals surface area contributed by atoms with E-state index >= 15 is 8.78 Å². The summed E-state index contributed by atoms with van der Waals surface area (Å²) in [5.74, 6) is -0.332. The molecule has 8 aliphatic rings. The van der Waals surface area contributed by atoms with Crippen LogP contribution in [-0.2, 0) is 45.2 Å². The Hall–Kier alpha value is -7.05. The van der Waals surface area contributed by atoms with Gasteiger partial charge in [0.2, 0.25) is 11.8 Å². The molecule has 0 aromatic heterocycles. The first-order valence-corrected chi connectivity index (χ1v) is 44.0. The molecule has 20 atom stereocenters. The molecule has 0 spiro atoms. The number of thiol groups is 2. The smallest absolute Gasteiger partial charge is 0.251 e. The summed E-state index contributed by atoms with van der Waals surface area (Å²) in [6.45, 7) is 17.7. The van der Waals surface area contributed by atoms with Crippen molar-refractivity contribution in [2.45, 2.75) is 179 Å². The van der Waals surface area contributed by atoms with Crippen LogP contribution in [0.4, 0.5) is 20.2 Å². The molecule has 10 N–H and O–H groups in total. The number of hydrogen-bond donors (Lipinski definition) is 11. The minimum atomic E-state index is -1.03. The molecule has 32 heteroatoms. The number of rotatable bonds is 33. The van der Waals surface area contributed by atoms with Gasteiger partial charge in [0.05, 0.1) is 64.4 Å². The van der Waals surface area contributed by atoms with Crippen molar-refractivity contribution in [3.8, 4) is 33.8 Å². The zero-order valence-electron chi connectivity index (χ0n) is 76.7. The molecule has 4 amide bonds. The maximum Gasteiger partial charge on any atom is 0.251 e. The van der Waals surface area contributed by atoms with Crippen molar-refractivity contribution < 1.29 is 98.6 Å². The predicted molar refractivity (Wildman–Crippen MR) is 491 cm³/mol. The molecule has 125 heavy (non-hydrogen) atoms. The van der Waals surface area contributed by atoms with Gasteiger partial charge in [0.25, 0.3) is 11.8 Å². The average Bonchev–Trinajstić information content (AvgIpc) is 0.800. The van der Waals surface area contributed by atoms with Gasteiger partial charge in [0.1, 0.15) is 40.7 Å². The van der Waals surface area contributed by atoms with E-state index in [-0.39, 0.29) is 150 Å². The molecule has 6 aromatic carbocycles. The van der Waals surface area contributed by atoms with Crippen LogP contribution in [0, 0.1) is 101 Å². The maximum absolute atomic E-state index is 16.2. The number of nitrogens with zero attached hydrogens (tertiary/aromatic N) is 9. The number of nitrogens with one attached hydrogen (secondary N) is 4. The number of hydrogen-bond acceptors (Lipinski definition) is 22.